The number of carbonyl (C=O) groups is 1. The van der Waals surface area contributed by atoms with Crippen molar-refractivity contribution in [2.24, 2.45) is 0 Å². The minimum atomic E-state index is -0.383. The molecule has 0 spiro atoms. The molecule has 0 saturated heterocycles. The highest BCUT2D eigenvalue weighted by Gasteiger charge is 2.24. The van der Waals surface area contributed by atoms with Crippen molar-refractivity contribution in [3.05, 3.63) is 76.8 Å². The molecule has 4 aromatic rings. The summed E-state index contributed by atoms with van der Waals surface area (Å²) in [6.45, 7) is 5.77. The molecule has 0 amide bonds. The van der Waals surface area contributed by atoms with Gasteiger partial charge in [0.1, 0.15) is 0 Å². The van der Waals surface area contributed by atoms with Crippen LogP contribution in [0.25, 0.3) is 17.1 Å². The number of nitrogens with zero attached hydrogens (tertiary/aromatic N) is 4. The quantitative estimate of drug-likeness (QED) is 0.290. The molecular formula is C22H19ClN4O2S. The van der Waals surface area contributed by atoms with E-state index in [4.69, 9.17) is 16.0 Å². The maximum absolute atomic E-state index is 13.1. The summed E-state index contributed by atoms with van der Waals surface area (Å²) < 4.78 is 7.75. The van der Waals surface area contributed by atoms with Gasteiger partial charge >= 0.3 is 0 Å². The van der Waals surface area contributed by atoms with Crippen LogP contribution in [0.3, 0.4) is 0 Å². The van der Waals surface area contributed by atoms with Gasteiger partial charge in [0.05, 0.1) is 10.8 Å². The lowest BCUT2D eigenvalue weighted by molar-refractivity contribution is 0.0993. The normalized spacial score (nSPS) is 12.1. The molecule has 0 radical (unpaired) electrons. The van der Waals surface area contributed by atoms with Crippen molar-refractivity contribution in [1.82, 2.24) is 19.7 Å². The average Bonchev–Trinajstić information content (AvgIpc) is 3.33. The summed E-state index contributed by atoms with van der Waals surface area (Å²) in [6.07, 6.45) is 3.33. The minimum absolute atomic E-state index is 0.00874. The monoisotopic (exact) mass is 438 g/mol. The molecule has 0 saturated carbocycles. The third-order valence-electron chi connectivity index (χ3n) is 4.74. The lowest BCUT2D eigenvalue weighted by Crippen LogP contribution is -2.14. The highest BCUT2D eigenvalue weighted by Crippen LogP contribution is 2.30. The van der Waals surface area contributed by atoms with E-state index < -0.39 is 0 Å². The highest BCUT2D eigenvalue weighted by molar-refractivity contribution is 8.00. The molecule has 6 nitrogen and oxygen atoms in total. The minimum Gasteiger partial charge on any atom is -0.411 e. The Bertz CT molecular complexity index is 1190. The van der Waals surface area contributed by atoms with Crippen molar-refractivity contribution in [3.63, 3.8) is 0 Å². The van der Waals surface area contributed by atoms with Crippen molar-refractivity contribution in [3.8, 4) is 17.1 Å². The predicted molar refractivity (Wildman–Crippen MR) is 117 cm³/mol. The van der Waals surface area contributed by atoms with Crippen LogP contribution in [-0.2, 0) is 0 Å². The van der Waals surface area contributed by atoms with Gasteiger partial charge in [-0.05, 0) is 63.2 Å². The number of pyridine rings is 1. The number of aromatic nitrogens is 4. The van der Waals surface area contributed by atoms with E-state index in [1.54, 1.807) is 18.5 Å². The Kier molecular flexibility index (Phi) is 5.74. The van der Waals surface area contributed by atoms with Gasteiger partial charge in [0.2, 0.25) is 5.89 Å². The first kappa shape index (κ1) is 20.4. The SMILES string of the molecule is Cc1cc(C(=O)[C@@H](C)Sc2nnc(-c3cccnc3)o2)c(C)n1-c1ccc(Cl)cc1. The number of halogens is 1. The predicted octanol–water partition coefficient (Wildman–Crippen LogP) is 5.56. The number of Topliss-reactive ketones (excluding diaryl/α,β-unsaturated/α-hetero) is 1. The number of aryl methyl sites for hydroxylation is 1. The van der Waals surface area contributed by atoms with Gasteiger partial charge in [0.15, 0.2) is 5.78 Å². The van der Waals surface area contributed by atoms with Crippen LogP contribution in [0.15, 0.2) is 64.5 Å². The molecule has 0 aliphatic heterocycles. The van der Waals surface area contributed by atoms with Crippen LogP contribution >= 0.6 is 23.4 Å². The first-order chi connectivity index (χ1) is 14.4. The van der Waals surface area contributed by atoms with Gasteiger partial charge in [-0.2, -0.15) is 0 Å². The Balaban J connectivity index is 1.54. The van der Waals surface area contributed by atoms with Gasteiger partial charge in [-0.15, -0.1) is 10.2 Å². The van der Waals surface area contributed by atoms with Gasteiger partial charge in [-0.25, -0.2) is 0 Å². The summed E-state index contributed by atoms with van der Waals surface area (Å²) in [6, 6.07) is 13.1. The highest BCUT2D eigenvalue weighted by atomic mass is 35.5. The molecule has 0 aliphatic carbocycles. The fourth-order valence-corrected chi connectivity index (χ4v) is 4.16. The Morgan fingerprint density at radius 2 is 1.93 bits per heavy atom. The van der Waals surface area contributed by atoms with Gasteiger partial charge in [-0.3, -0.25) is 9.78 Å². The average molecular weight is 439 g/mol. The van der Waals surface area contributed by atoms with Gasteiger partial charge < -0.3 is 8.98 Å². The Hall–Kier alpha value is -2.90. The number of hydrogen-bond acceptors (Lipinski definition) is 6. The lowest BCUT2D eigenvalue weighted by Gasteiger charge is -2.11. The fourth-order valence-electron chi connectivity index (χ4n) is 3.29. The van der Waals surface area contributed by atoms with E-state index in [1.165, 1.54) is 11.8 Å². The van der Waals surface area contributed by atoms with E-state index in [0.29, 0.717) is 21.7 Å². The fraction of sp³-hybridized carbons (Fsp3) is 0.182. The number of thioether (sulfide) groups is 1. The second-order valence-electron chi connectivity index (χ2n) is 6.84. The standard InChI is InChI=1S/C22H19ClN4O2S/c1-13-11-19(14(2)27(13)18-8-6-17(23)7-9-18)20(28)15(3)30-22-26-25-21(29-22)16-5-4-10-24-12-16/h4-12,15H,1-3H3/t15-/m1/s1. The summed E-state index contributed by atoms with van der Waals surface area (Å²) in [5.74, 6) is 0.389. The number of carbonyl (C=O) groups excluding carboxylic acids is 1. The molecule has 0 unspecified atom stereocenters. The Morgan fingerprint density at radius 1 is 1.17 bits per heavy atom. The zero-order chi connectivity index (χ0) is 21.3. The van der Waals surface area contributed by atoms with E-state index in [9.17, 15) is 4.79 Å². The first-order valence-corrected chi connectivity index (χ1v) is 10.6. The van der Waals surface area contributed by atoms with E-state index >= 15 is 0 Å². The molecule has 1 atom stereocenters. The molecule has 0 bridgehead atoms. The number of rotatable bonds is 6. The van der Waals surface area contributed by atoms with Crippen molar-refractivity contribution in [2.45, 2.75) is 31.2 Å². The van der Waals surface area contributed by atoms with Gasteiger partial charge in [0.25, 0.3) is 5.22 Å². The van der Waals surface area contributed by atoms with Crippen LogP contribution in [-0.4, -0.2) is 30.8 Å². The molecule has 3 aromatic heterocycles. The molecule has 0 N–H and O–H groups in total. The summed E-state index contributed by atoms with van der Waals surface area (Å²) >= 11 is 7.25. The van der Waals surface area contributed by atoms with Crippen LogP contribution in [0.2, 0.25) is 5.02 Å². The topological polar surface area (TPSA) is 73.8 Å². The molecule has 152 valence electrons. The molecule has 0 aliphatic rings. The summed E-state index contributed by atoms with van der Waals surface area (Å²) in [5, 5.41) is 8.75. The summed E-state index contributed by atoms with van der Waals surface area (Å²) in [5.41, 5.74) is 4.24. The smallest absolute Gasteiger partial charge is 0.277 e. The number of benzene rings is 1. The van der Waals surface area contributed by atoms with Crippen molar-refractivity contribution in [2.75, 3.05) is 0 Å². The Morgan fingerprint density at radius 3 is 2.63 bits per heavy atom. The van der Waals surface area contributed by atoms with Crippen molar-refractivity contribution >= 4 is 29.1 Å². The van der Waals surface area contributed by atoms with E-state index in [1.807, 2.05) is 61.7 Å². The molecule has 30 heavy (non-hydrogen) atoms. The van der Waals surface area contributed by atoms with Gasteiger partial charge in [0, 0.05) is 40.1 Å². The van der Waals surface area contributed by atoms with Crippen molar-refractivity contribution < 1.29 is 9.21 Å². The van der Waals surface area contributed by atoms with Crippen LogP contribution in [0.5, 0.6) is 0 Å². The third-order valence-corrected chi connectivity index (χ3v) is 5.93. The van der Waals surface area contributed by atoms with Gasteiger partial charge in [-0.1, -0.05) is 23.4 Å². The molecule has 3 heterocycles. The first-order valence-electron chi connectivity index (χ1n) is 9.33. The van der Waals surface area contributed by atoms with Crippen LogP contribution < -0.4 is 0 Å². The summed E-state index contributed by atoms with van der Waals surface area (Å²) in [4.78, 5) is 17.2. The zero-order valence-corrected chi connectivity index (χ0v) is 18.2. The molecule has 4 rings (SSSR count). The second kappa shape index (κ2) is 8.45. The Labute approximate surface area is 183 Å². The number of hydrogen-bond donors (Lipinski definition) is 0. The van der Waals surface area contributed by atoms with Crippen LogP contribution in [0.4, 0.5) is 0 Å². The molecule has 1 aromatic carbocycles. The lowest BCUT2D eigenvalue weighted by atomic mass is 10.1. The maximum Gasteiger partial charge on any atom is 0.277 e. The largest absolute Gasteiger partial charge is 0.411 e. The molecule has 8 heteroatoms. The second-order valence-corrected chi connectivity index (χ2v) is 8.56. The van der Waals surface area contributed by atoms with E-state index in [-0.39, 0.29) is 11.0 Å². The van der Waals surface area contributed by atoms with Crippen LogP contribution in [0.1, 0.15) is 28.7 Å². The van der Waals surface area contributed by atoms with Crippen LogP contribution in [0, 0.1) is 13.8 Å². The third kappa shape index (κ3) is 4.04. The zero-order valence-electron chi connectivity index (χ0n) is 16.7. The number of ketones is 1. The maximum atomic E-state index is 13.1. The molecular weight excluding hydrogens is 420 g/mol. The van der Waals surface area contributed by atoms with Crippen molar-refractivity contribution in [1.29, 1.82) is 0 Å². The van der Waals surface area contributed by atoms with E-state index in [2.05, 4.69) is 15.2 Å². The molecule has 0 fully saturated rings. The van der Waals surface area contributed by atoms with E-state index in [0.717, 1.165) is 22.6 Å². The summed E-state index contributed by atoms with van der Waals surface area (Å²) in [7, 11) is 0.